The van der Waals surface area contributed by atoms with E-state index in [1.807, 2.05) is 0 Å². The van der Waals surface area contributed by atoms with Crippen LogP contribution >= 0.6 is 0 Å². The fourth-order valence-electron chi connectivity index (χ4n) is 3.61. The number of aliphatic hydroxyl groups excluding tert-OH is 5. The summed E-state index contributed by atoms with van der Waals surface area (Å²) in [5.41, 5.74) is 0. The van der Waals surface area contributed by atoms with Crippen LogP contribution in [0.5, 0.6) is 0 Å². The molecule has 36 heavy (non-hydrogen) atoms. The Kier molecular flexibility index (Phi) is 18.4. The van der Waals surface area contributed by atoms with Gasteiger partial charge >= 0.3 is 5.97 Å². The minimum Gasteiger partial charge on any atom is -0.463 e. The van der Waals surface area contributed by atoms with E-state index in [2.05, 4.69) is 43.4 Å². The number of unbranched alkanes of at least 4 members (excludes halogenated alkanes) is 5. The fourth-order valence-corrected chi connectivity index (χ4v) is 3.61. The molecule has 0 aromatic heterocycles. The van der Waals surface area contributed by atoms with Crippen LogP contribution < -0.4 is 0 Å². The molecule has 9 nitrogen and oxygen atoms in total. The summed E-state index contributed by atoms with van der Waals surface area (Å²) in [4.78, 5) is 11.9. The predicted octanol–water partition coefficient (Wildman–Crippen LogP) is 2.30. The lowest BCUT2D eigenvalue weighted by molar-refractivity contribution is -0.305. The quantitative estimate of drug-likeness (QED) is 0.0995. The summed E-state index contributed by atoms with van der Waals surface area (Å²) >= 11 is 0. The Balaban J connectivity index is 2.02. The normalized spacial score (nSPS) is 25.8. The molecule has 0 aromatic rings. The van der Waals surface area contributed by atoms with Gasteiger partial charge in [0.05, 0.1) is 13.2 Å². The van der Waals surface area contributed by atoms with Crippen molar-refractivity contribution in [2.45, 2.75) is 108 Å². The summed E-state index contributed by atoms with van der Waals surface area (Å²) in [7, 11) is 0. The van der Waals surface area contributed by atoms with Crippen molar-refractivity contribution in [1.29, 1.82) is 0 Å². The molecule has 1 rings (SSSR count). The van der Waals surface area contributed by atoms with Gasteiger partial charge in [-0.25, -0.2) is 0 Å². The van der Waals surface area contributed by atoms with Crippen molar-refractivity contribution < 1.29 is 44.5 Å². The lowest BCUT2D eigenvalue weighted by Crippen LogP contribution is -2.59. The molecular formula is C27H46O9. The number of esters is 1. The fraction of sp³-hybridized carbons (Fsp3) is 0.741. The zero-order valence-corrected chi connectivity index (χ0v) is 21.5. The van der Waals surface area contributed by atoms with Crippen LogP contribution in [0.15, 0.2) is 36.5 Å². The van der Waals surface area contributed by atoms with Gasteiger partial charge < -0.3 is 39.7 Å². The van der Waals surface area contributed by atoms with Gasteiger partial charge in [0.1, 0.15) is 37.1 Å². The van der Waals surface area contributed by atoms with Crippen molar-refractivity contribution in [3.05, 3.63) is 36.5 Å². The Morgan fingerprint density at radius 2 is 1.50 bits per heavy atom. The Labute approximate surface area is 215 Å². The Bertz CT molecular complexity index is 647. The molecule has 0 spiro atoms. The molecule has 9 heteroatoms. The highest BCUT2D eigenvalue weighted by molar-refractivity contribution is 5.69. The predicted molar refractivity (Wildman–Crippen MR) is 136 cm³/mol. The smallest absolute Gasteiger partial charge is 0.305 e. The topological polar surface area (TPSA) is 146 Å². The van der Waals surface area contributed by atoms with E-state index in [0.717, 1.165) is 57.8 Å². The van der Waals surface area contributed by atoms with Gasteiger partial charge in [-0.15, -0.1) is 0 Å². The second kappa shape index (κ2) is 20.5. The second-order valence-electron chi connectivity index (χ2n) is 8.97. The summed E-state index contributed by atoms with van der Waals surface area (Å²) in [5, 5.41) is 48.5. The first-order valence-electron chi connectivity index (χ1n) is 13.1. The van der Waals surface area contributed by atoms with Crippen LogP contribution in [-0.4, -0.2) is 88.1 Å². The summed E-state index contributed by atoms with van der Waals surface area (Å²) in [5.74, 6) is -0.400. The van der Waals surface area contributed by atoms with Crippen molar-refractivity contribution in [2.75, 3.05) is 19.8 Å². The maximum absolute atomic E-state index is 11.9. The number of carbonyl (C=O) groups excluding carboxylic acids is 1. The molecule has 5 N–H and O–H groups in total. The molecule has 0 aromatic carbocycles. The lowest BCUT2D eigenvalue weighted by Gasteiger charge is -2.39. The molecule has 0 radical (unpaired) electrons. The Morgan fingerprint density at radius 1 is 0.861 bits per heavy atom. The van der Waals surface area contributed by atoms with Crippen LogP contribution in [0.4, 0.5) is 0 Å². The molecule has 0 aliphatic carbocycles. The van der Waals surface area contributed by atoms with E-state index >= 15 is 0 Å². The first-order valence-corrected chi connectivity index (χ1v) is 13.1. The Morgan fingerprint density at radius 3 is 2.19 bits per heavy atom. The van der Waals surface area contributed by atoms with Crippen LogP contribution in [0.25, 0.3) is 0 Å². The molecule has 6 atom stereocenters. The molecule has 1 heterocycles. The molecular weight excluding hydrogens is 468 g/mol. The molecule has 0 bridgehead atoms. The third kappa shape index (κ3) is 14.2. The highest BCUT2D eigenvalue weighted by atomic mass is 16.7. The zero-order valence-electron chi connectivity index (χ0n) is 21.5. The summed E-state index contributed by atoms with van der Waals surface area (Å²) in [6.07, 6.45) is 14.3. The molecule has 1 saturated heterocycles. The van der Waals surface area contributed by atoms with Crippen molar-refractivity contribution in [3.63, 3.8) is 0 Å². The SMILES string of the molecule is CC/C=C\C/C=C\C/C=C\CCCCCCCC(=O)OC[C@H](O)CO[C@@H]1O[C@H](CO)[C@H](O)[C@H](O)[C@H]1O. The molecule has 208 valence electrons. The van der Waals surface area contributed by atoms with E-state index in [4.69, 9.17) is 19.3 Å². The van der Waals surface area contributed by atoms with Gasteiger partial charge in [0.25, 0.3) is 0 Å². The van der Waals surface area contributed by atoms with Gasteiger partial charge in [0.2, 0.25) is 0 Å². The van der Waals surface area contributed by atoms with Crippen molar-refractivity contribution in [3.8, 4) is 0 Å². The molecule has 1 fully saturated rings. The summed E-state index contributed by atoms with van der Waals surface area (Å²) in [6.45, 7) is 0.964. The highest BCUT2D eigenvalue weighted by Crippen LogP contribution is 2.22. The number of hydrogen-bond donors (Lipinski definition) is 5. The van der Waals surface area contributed by atoms with E-state index < -0.39 is 49.4 Å². The highest BCUT2D eigenvalue weighted by Gasteiger charge is 2.44. The summed E-state index contributed by atoms with van der Waals surface area (Å²) < 4.78 is 15.5. The molecule has 1 aliphatic rings. The second-order valence-corrected chi connectivity index (χ2v) is 8.97. The number of rotatable bonds is 19. The average Bonchev–Trinajstić information content (AvgIpc) is 2.88. The van der Waals surface area contributed by atoms with E-state index in [-0.39, 0.29) is 19.6 Å². The number of allylic oxidation sites excluding steroid dienone is 6. The molecule has 0 unspecified atom stereocenters. The third-order valence-corrected chi connectivity index (χ3v) is 5.77. The van der Waals surface area contributed by atoms with Crippen LogP contribution in [0.2, 0.25) is 0 Å². The third-order valence-electron chi connectivity index (χ3n) is 5.77. The maximum atomic E-state index is 11.9. The minimum atomic E-state index is -1.56. The van der Waals surface area contributed by atoms with Crippen LogP contribution in [-0.2, 0) is 19.0 Å². The van der Waals surface area contributed by atoms with Gasteiger partial charge in [-0.3, -0.25) is 4.79 Å². The van der Waals surface area contributed by atoms with Crippen LogP contribution in [0.3, 0.4) is 0 Å². The van der Waals surface area contributed by atoms with E-state index in [0.29, 0.717) is 0 Å². The maximum Gasteiger partial charge on any atom is 0.305 e. The standard InChI is InChI=1S/C27H46O9/c1-2-3-4-5-6-7-8-9-10-11-12-13-14-15-16-17-23(30)34-19-21(29)20-35-27-26(33)25(32)24(31)22(18-28)36-27/h3-4,6-7,9-10,21-22,24-29,31-33H,2,5,8,11-20H2,1H3/b4-3-,7-6-,10-9-/t21-,22+,24-,25-,26+,27+/m0/s1. The number of carbonyl (C=O) groups is 1. The van der Waals surface area contributed by atoms with Gasteiger partial charge in [0, 0.05) is 6.42 Å². The van der Waals surface area contributed by atoms with Gasteiger partial charge in [0.15, 0.2) is 6.29 Å². The Hall–Kier alpha value is -1.59. The molecule has 0 amide bonds. The number of hydrogen-bond acceptors (Lipinski definition) is 9. The van der Waals surface area contributed by atoms with Gasteiger partial charge in [-0.05, 0) is 38.5 Å². The largest absolute Gasteiger partial charge is 0.463 e. The van der Waals surface area contributed by atoms with Crippen LogP contribution in [0, 0.1) is 0 Å². The molecule has 0 saturated carbocycles. The average molecular weight is 515 g/mol. The first-order chi connectivity index (χ1) is 17.4. The monoisotopic (exact) mass is 514 g/mol. The van der Waals surface area contributed by atoms with Gasteiger partial charge in [-0.1, -0.05) is 62.6 Å². The van der Waals surface area contributed by atoms with Gasteiger partial charge in [-0.2, -0.15) is 0 Å². The van der Waals surface area contributed by atoms with E-state index in [1.165, 1.54) is 0 Å². The number of aliphatic hydroxyl groups is 5. The minimum absolute atomic E-state index is 0.271. The van der Waals surface area contributed by atoms with E-state index in [9.17, 15) is 25.2 Å². The lowest BCUT2D eigenvalue weighted by atomic mass is 9.99. The van der Waals surface area contributed by atoms with E-state index in [1.54, 1.807) is 0 Å². The van der Waals surface area contributed by atoms with Crippen molar-refractivity contribution in [2.24, 2.45) is 0 Å². The van der Waals surface area contributed by atoms with Crippen LogP contribution in [0.1, 0.15) is 71.1 Å². The molecule has 1 aliphatic heterocycles. The number of ether oxygens (including phenoxy) is 3. The van der Waals surface area contributed by atoms with Crippen molar-refractivity contribution >= 4 is 5.97 Å². The van der Waals surface area contributed by atoms with Crippen molar-refractivity contribution in [1.82, 2.24) is 0 Å². The first kappa shape index (κ1) is 32.4. The zero-order chi connectivity index (χ0) is 26.6. The summed E-state index contributed by atoms with van der Waals surface area (Å²) in [6, 6.07) is 0.